The molecule has 166 valence electrons. The lowest BCUT2D eigenvalue weighted by molar-refractivity contribution is -0.122. The van der Waals surface area contributed by atoms with Crippen molar-refractivity contribution in [1.29, 1.82) is 0 Å². The first-order valence-electron chi connectivity index (χ1n) is 9.66. The Bertz CT molecular complexity index is 1070. The third kappa shape index (κ3) is 5.31. The fraction of sp³-hybridized carbons (Fsp3) is 0.400. The van der Waals surface area contributed by atoms with Crippen molar-refractivity contribution in [2.24, 2.45) is 0 Å². The maximum atomic E-state index is 13.3. The highest BCUT2D eigenvalue weighted by molar-refractivity contribution is 8.26. The number of rotatable bonds is 10. The Hall–Kier alpha value is -2.31. The van der Waals surface area contributed by atoms with Crippen LogP contribution in [0.25, 0.3) is 11.7 Å². The highest BCUT2D eigenvalue weighted by atomic mass is 32.2. The molecule has 2 aromatic rings. The number of amides is 1. The fourth-order valence-corrected chi connectivity index (χ4v) is 4.28. The van der Waals surface area contributed by atoms with Gasteiger partial charge in [-0.2, -0.15) is 0 Å². The molecule has 1 aliphatic rings. The van der Waals surface area contributed by atoms with Gasteiger partial charge in [0.25, 0.3) is 11.5 Å². The molecule has 0 radical (unpaired) electrons. The zero-order chi connectivity index (χ0) is 22.4. The molecule has 1 aliphatic heterocycles. The van der Waals surface area contributed by atoms with E-state index in [9.17, 15) is 9.59 Å². The molecule has 0 unspecified atom stereocenters. The lowest BCUT2D eigenvalue weighted by atomic mass is 10.2. The van der Waals surface area contributed by atoms with Gasteiger partial charge in [0.1, 0.15) is 15.8 Å². The van der Waals surface area contributed by atoms with Crippen molar-refractivity contribution in [1.82, 2.24) is 14.3 Å². The van der Waals surface area contributed by atoms with Crippen LogP contribution in [-0.4, -0.2) is 76.2 Å². The molecule has 0 spiro atoms. The molecule has 31 heavy (non-hydrogen) atoms. The smallest absolute Gasteiger partial charge is 0.267 e. The second-order valence-electron chi connectivity index (χ2n) is 6.65. The van der Waals surface area contributed by atoms with Crippen LogP contribution in [0.2, 0.25) is 0 Å². The van der Waals surface area contributed by atoms with Gasteiger partial charge in [-0.15, -0.1) is 0 Å². The summed E-state index contributed by atoms with van der Waals surface area (Å²) in [6.07, 6.45) is 3.18. The van der Waals surface area contributed by atoms with Crippen LogP contribution in [0.1, 0.15) is 11.1 Å². The molecule has 9 nitrogen and oxygen atoms in total. The van der Waals surface area contributed by atoms with E-state index in [-0.39, 0.29) is 30.2 Å². The zero-order valence-corrected chi connectivity index (χ0v) is 18.9. The van der Waals surface area contributed by atoms with E-state index in [0.717, 1.165) is 17.3 Å². The van der Waals surface area contributed by atoms with E-state index in [1.54, 1.807) is 19.4 Å². The van der Waals surface area contributed by atoms with Crippen molar-refractivity contribution >= 4 is 51.7 Å². The second-order valence-corrected chi connectivity index (χ2v) is 8.33. The Balaban J connectivity index is 1.99. The molecular weight excluding hydrogens is 440 g/mol. The van der Waals surface area contributed by atoms with Crippen molar-refractivity contribution < 1.29 is 19.4 Å². The SMILES string of the molecule is COCCN1C(=O)/C(=C\c2c(NCCOCCO)nc3c(C)cccn3c2=O)SC1=S. The first kappa shape index (κ1) is 23.4. The minimum Gasteiger partial charge on any atom is -0.394 e. The highest BCUT2D eigenvalue weighted by Gasteiger charge is 2.32. The number of fused-ring (bicyclic) bond motifs is 1. The maximum Gasteiger partial charge on any atom is 0.267 e. The molecule has 1 fully saturated rings. The number of aliphatic hydroxyl groups excluding tert-OH is 1. The van der Waals surface area contributed by atoms with Gasteiger partial charge in [-0.25, -0.2) is 4.98 Å². The molecule has 3 heterocycles. The van der Waals surface area contributed by atoms with Crippen LogP contribution in [0.4, 0.5) is 5.82 Å². The molecule has 1 amide bonds. The summed E-state index contributed by atoms with van der Waals surface area (Å²) in [5, 5.41) is 11.9. The van der Waals surface area contributed by atoms with Crippen LogP contribution >= 0.6 is 24.0 Å². The average molecular weight is 465 g/mol. The van der Waals surface area contributed by atoms with Gasteiger partial charge in [-0.1, -0.05) is 30.0 Å². The second kappa shape index (κ2) is 10.8. The highest BCUT2D eigenvalue weighted by Crippen LogP contribution is 2.32. The van der Waals surface area contributed by atoms with Crippen LogP contribution in [0.3, 0.4) is 0 Å². The fourth-order valence-electron chi connectivity index (χ4n) is 2.99. The number of aryl methyl sites for hydroxylation is 1. The molecule has 0 aliphatic carbocycles. The number of carbonyl (C=O) groups excluding carboxylic acids is 1. The van der Waals surface area contributed by atoms with Gasteiger partial charge in [0.05, 0.1) is 43.4 Å². The van der Waals surface area contributed by atoms with Crippen LogP contribution in [0, 0.1) is 6.92 Å². The van der Waals surface area contributed by atoms with E-state index < -0.39 is 0 Å². The quantitative estimate of drug-likeness (QED) is 0.305. The van der Waals surface area contributed by atoms with Gasteiger partial charge in [-0.05, 0) is 24.6 Å². The predicted octanol–water partition coefficient (Wildman–Crippen LogP) is 1.27. The number of carbonyl (C=O) groups is 1. The maximum absolute atomic E-state index is 13.3. The van der Waals surface area contributed by atoms with E-state index in [2.05, 4.69) is 10.3 Å². The third-order valence-electron chi connectivity index (χ3n) is 4.53. The van der Waals surface area contributed by atoms with Crippen molar-refractivity contribution in [3.8, 4) is 0 Å². The number of nitrogens with one attached hydrogen (secondary N) is 1. The largest absolute Gasteiger partial charge is 0.394 e. The Morgan fingerprint density at radius 2 is 2.13 bits per heavy atom. The number of methoxy groups -OCH3 is 1. The molecule has 11 heteroatoms. The first-order valence-corrected chi connectivity index (χ1v) is 10.9. The van der Waals surface area contributed by atoms with Crippen molar-refractivity contribution in [3.05, 3.63) is 44.7 Å². The summed E-state index contributed by atoms with van der Waals surface area (Å²) in [5.41, 5.74) is 1.33. The van der Waals surface area contributed by atoms with Gasteiger partial charge in [-0.3, -0.25) is 18.9 Å². The molecule has 0 saturated carbocycles. The summed E-state index contributed by atoms with van der Waals surface area (Å²) >= 11 is 6.46. The van der Waals surface area contributed by atoms with Crippen molar-refractivity contribution in [2.75, 3.05) is 51.9 Å². The third-order valence-corrected chi connectivity index (χ3v) is 5.90. The number of hydrogen-bond donors (Lipinski definition) is 2. The minimum absolute atomic E-state index is 0.0646. The van der Waals surface area contributed by atoms with Crippen LogP contribution in [0.5, 0.6) is 0 Å². The lowest BCUT2D eigenvalue weighted by Crippen LogP contribution is -2.31. The van der Waals surface area contributed by atoms with E-state index >= 15 is 0 Å². The minimum atomic E-state index is -0.297. The first-order chi connectivity index (χ1) is 15.0. The van der Waals surface area contributed by atoms with Crippen LogP contribution in [0.15, 0.2) is 28.0 Å². The normalized spacial score (nSPS) is 15.5. The number of thioether (sulfide) groups is 1. The molecule has 0 aromatic carbocycles. The number of aliphatic hydroxyl groups is 1. The number of pyridine rings is 1. The monoisotopic (exact) mass is 464 g/mol. The number of nitrogens with zero attached hydrogens (tertiary/aromatic N) is 3. The number of anilines is 1. The molecule has 2 aromatic heterocycles. The van der Waals surface area contributed by atoms with Crippen LogP contribution in [-0.2, 0) is 14.3 Å². The topological polar surface area (TPSA) is 105 Å². The van der Waals surface area contributed by atoms with Crippen molar-refractivity contribution in [2.45, 2.75) is 6.92 Å². The van der Waals surface area contributed by atoms with E-state index in [1.807, 2.05) is 13.0 Å². The van der Waals surface area contributed by atoms with Gasteiger partial charge in [0.2, 0.25) is 0 Å². The molecule has 1 saturated heterocycles. The summed E-state index contributed by atoms with van der Waals surface area (Å²) in [4.78, 5) is 32.5. The Morgan fingerprint density at radius 3 is 2.87 bits per heavy atom. The lowest BCUT2D eigenvalue weighted by Gasteiger charge is -2.13. The van der Waals surface area contributed by atoms with Gasteiger partial charge in [0, 0.05) is 19.9 Å². The Labute approximate surface area is 189 Å². The predicted molar refractivity (Wildman–Crippen MR) is 124 cm³/mol. The Morgan fingerprint density at radius 1 is 1.32 bits per heavy atom. The molecule has 3 rings (SSSR count). The summed E-state index contributed by atoms with van der Waals surface area (Å²) in [5.74, 6) is 0.0899. The van der Waals surface area contributed by atoms with Gasteiger partial charge in [0.15, 0.2) is 0 Å². The molecular formula is C20H24N4O5S2. The summed E-state index contributed by atoms with van der Waals surface area (Å²) in [6.45, 7) is 3.45. The van der Waals surface area contributed by atoms with Crippen molar-refractivity contribution in [3.63, 3.8) is 0 Å². The Kier molecular flexibility index (Phi) is 8.15. The van der Waals surface area contributed by atoms with Crippen LogP contribution < -0.4 is 10.9 Å². The number of thiocarbonyl (C=S) groups is 1. The molecule has 0 bridgehead atoms. The van der Waals surface area contributed by atoms with Gasteiger partial charge >= 0.3 is 0 Å². The number of aromatic nitrogens is 2. The van der Waals surface area contributed by atoms with E-state index in [0.29, 0.717) is 47.0 Å². The number of hydrogen-bond acceptors (Lipinski definition) is 9. The standard InChI is InChI=1S/C20H24N4O5S2/c1-13-4-3-6-23-17(13)22-16(21-5-9-29-11-8-25)14(18(23)26)12-15-19(27)24(7-10-28-2)20(30)31-15/h3-4,6,12,21,25H,5,7-11H2,1-2H3/b15-12+. The summed E-state index contributed by atoms with van der Waals surface area (Å²) < 4.78 is 12.2. The molecule has 0 atom stereocenters. The van der Waals surface area contributed by atoms with E-state index in [4.69, 9.17) is 26.8 Å². The summed E-state index contributed by atoms with van der Waals surface area (Å²) in [7, 11) is 1.55. The average Bonchev–Trinajstić information content (AvgIpc) is 3.02. The molecule has 2 N–H and O–H groups in total. The van der Waals surface area contributed by atoms with E-state index in [1.165, 1.54) is 15.4 Å². The summed E-state index contributed by atoms with van der Waals surface area (Å²) in [6, 6.07) is 3.64. The zero-order valence-electron chi connectivity index (χ0n) is 17.3. The number of ether oxygens (including phenoxy) is 2. The van der Waals surface area contributed by atoms with Gasteiger partial charge < -0.3 is 19.9 Å².